The van der Waals surface area contributed by atoms with Crippen molar-refractivity contribution in [1.82, 2.24) is 4.98 Å². The summed E-state index contributed by atoms with van der Waals surface area (Å²) in [4.78, 5) is 2.75. The molecule has 0 atom stereocenters. The maximum Gasteiger partial charge on any atom is 0.284 e. The van der Waals surface area contributed by atoms with Crippen molar-refractivity contribution >= 4 is 10.0 Å². The van der Waals surface area contributed by atoms with Crippen LogP contribution in [-0.2, 0) is 10.0 Å². The zero-order chi connectivity index (χ0) is 11.8. The number of hydrogen-bond acceptors (Lipinski definition) is 4. The Kier molecular flexibility index (Phi) is 2.86. The molecule has 5 nitrogen and oxygen atoms in total. The molecule has 15 heavy (non-hydrogen) atoms. The van der Waals surface area contributed by atoms with E-state index in [9.17, 15) is 21.6 Å². The quantitative estimate of drug-likeness (QED) is 0.790. The SMILES string of the molecule is NS(=O)(=O)c1nc(C(F)F)c(O)cc1F. The van der Waals surface area contributed by atoms with Gasteiger partial charge in [-0.3, -0.25) is 0 Å². The van der Waals surface area contributed by atoms with Crippen LogP contribution in [0.25, 0.3) is 0 Å². The fourth-order valence-electron chi connectivity index (χ4n) is 0.836. The molecule has 0 radical (unpaired) electrons. The van der Waals surface area contributed by atoms with E-state index in [1.54, 1.807) is 0 Å². The smallest absolute Gasteiger partial charge is 0.284 e. The molecule has 0 aliphatic carbocycles. The van der Waals surface area contributed by atoms with E-state index in [1.807, 2.05) is 0 Å². The van der Waals surface area contributed by atoms with Crippen LogP contribution < -0.4 is 5.14 Å². The second kappa shape index (κ2) is 3.66. The second-order valence-electron chi connectivity index (χ2n) is 2.53. The molecule has 1 aromatic heterocycles. The molecular formula is C6H5F3N2O3S. The topological polar surface area (TPSA) is 93.3 Å². The van der Waals surface area contributed by atoms with Gasteiger partial charge in [0.2, 0.25) is 5.03 Å². The van der Waals surface area contributed by atoms with Gasteiger partial charge in [-0.15, -0.1) is 0 Å². The summed E-state index contributed by atoms with van der Waals surface area (Å²) in [6.45, 7) is 0. The number of primary sulfonamides is 1. The molecule has 0 aromatic carbocycles. The number of aromatic hydroxyl groups is 1. The number of sulfonamides is 1. The third-order valence-corrected chi connectivity index (χ3v) is 2.25. The van der Waals surface area contributed by atoms with Crippen molar-refractivity contribution in [3.8, 4) is 5.75 Å². The number of nitrogens with two attached hydrogens (primary N) is 1. The van der Waals surface area contributed by atoms with Gasteiger partial charge < -0.3 is 5.11 Å². The first-order valence-corrected chi connectivity index (χ1v) is 4.98. The lowest BCUT2D eigenvalue weighted by Gasteiger charge is -2.05. The van der Waals surface area contributed by atoms with Gasteiger partial charge in [0, 0.05) is 6.07 Å². The van der Waals surface area contributed by atoms with Crippen molar-refractivity contribution in [3.63, 3.8) is 0 Å². The molecule has 0 saturated carbocycles. The lowest BCUT2D eigenvalue weighted by molar-refractivity contribution is 0.140. The van der Waals surface area contributed by atoms with E-state index in [-0.39, 0.29) is 6.07 Å². The largest absolute Gasteiger partial charge is 0.506 e. The molecule has 1 rings (SSSR count). The normalized spacial score (nSPS) is 12.1. The predicted octanol–water partition coefficient (Wildman–Crippen LogP) is 0.511. The van der Waals surface area contributed by atoms with Crippen LogP contribution in [0, 0.1) is 5.82 Å². The number of aromatic nitrogens is 1. The van der Waals surface area contributed by atoms with Gasteiger partial charge in [0.25, 0.3) is 16.4 Å². The molecule has 0 saturated heterocycles. The van der Waals surface area contributed by atoms with Gasteiger partial charge in [0.15, 0.2) is 5.82 Å². The van der Waals surface area contributed by atoms with E-state index in [1.165, 1.54) is 0 Å². The summed E-state index contributed by atoms with van der Waals surface area (Å²) in [5.41, 5.74) is -1.24. The van der Waals surface area contributed by atoms with Crippen molar-refractivity contribution in [3.05, 3.63) is 17.6 Å². The summed E-state index contributed by atoms with van der Waals surface area (Å²) >= 11 is 0. The Labute approximate surface area is 82.4 Å². The van der Waals surface area contributed by atoms with Gasteiger partial charge in [-0.05, 0) is 0 Å². The van der Waals surface area contributed by atoms with Crippen LogP contribution in [0.15, 0.2) is 11.1 Å². The Balaban J connectivity index is 3.50. The lowest BCUT2D eigenvalue weighted by atomic mass is 10.3. The Hall–Kier alpha value is -1.35. The van der Waals surface area contributed by atoms with E-state index < -0.39 is 38.7 Å². The molecule has 9 heteroatoms. The molecule has 84 valence electrons. The van der Waals surface area contributed by atoms with Crippen LogP contribution in [0.5, 0.6) is 5.75 Å². The van der Waals surface area contributed by atoms with Crippen LogP contribution in [0.2, 0.25) is 0 Å². The standard InChI is InChI=1S/C6H5F3N2O3S/c7-2-1-3(12)4(5(8)9)11-6(2)15(10,13)14/h1,5,12H,(H2,10,13,14). The molecule has 0 spiro atoms. The van der Waals surface area contributed by atoms with Gasteiger partial charge in [-0.1, -0.05) is 0 Å². The van der Waals surface area contributed by atoms with Crippen molar-refractivity contribution in [2.45, 2.75) is 11.5 Å². The highest BCUT2D eigenvalue weighted by Crippen LogP contribution is 2.28. The highest BCUT2D eigenvalue weighted by Gasteiger charge is 2.23. The molecule has 0 aliphatic heterocycles. The maximum atomic E-state index is 12.9. The van der Waals surface area contributed by atoms with Crippen LogP contribution in [0.3, 0.4) is 0 Å². The summed E-state index contributed by atoms with van der Waals surface area (Å²) in [7, 11) is -4.54. The molecule has 1 heterocycles. The summed E-state index contributed by atoms with van der Waals surface area (Å²) in [5.74, 6) is -2.62. The predicted molar refractivity (Wildman–Crippen MR) is 42.2 cm³/mol. The molecule has 0 unspecified atom stereocenters. The number of hydrogen-bond donors (Lipinski definition) is 2. The van der Waals surface area contributed by atoms with E-state index >= 15 is 0 Å². The molecule has 0 fully saturated rings. The van der Waals surface area contributed by atoms with Crippen LogP contribution in [-0.4, -0.2) is 18.5 Å². The van der Waals surface area contributed by atoms with Crippen molar-refractivity contribution in [2.75, 3.05) is 0 Å². The van der Waals surface area contributed by atoms with Crippen molar-refractivity contribution < 1.29 is 26.7 Å². The van der Waals surface area contributed by atoms with Crippen molar-refractivity contribution in [2.24, 2.45) is 5.14 Å². The van der Waals surface area contributed by atoms with E-state index in [4.69, 9.17) is 5.11 Å². The van der Waals surface area contributed by atoms with Gasteiger partial charge in [-0.25, -0.2) is 31.7 Å². The minimum Gasteiger partial charge on any atom is -0.506 e. The second-order valence-corrected chi connectivity index (χ2v) is 4.00. The number of nitrogens with zero attached hydrogens (tertiary/aromatic N) is 1. The third kappa shape index (κ3) is 2.36. The Morgan fingerprint density at radius 1 is 1.47 bits per heavy atom. The van der Waals surface area contributed by atoms with E-state index in [2.05, 4.69) is 10.1 Å². The summed E-state index contributed by atoms with van der Waals surface area (Å²) in [6, 6.07) is 0.217. The van der Waals surface area contributed by atoms with Gasteiger partial charge in [-0.2, -0.15) is 0 Å². The Bertz CT molecular complexity index is 489. The number of alkyl halides is 2. The zero-order valence-electron chi connectivity index (χ0n) is 6.99. The van der Waals surface area contributed by atoms with Crippen molar-refractivity contribution in [1.29, 1.82) is 0 Å². The monoisotopic (exact) mass is 242 g/mol. The third-order valence-electron chi connectivity index (χ3n) is 1.43. The van der Waals surface area contributed by atoms with Gasteiger partial charge in [0.1, 0.15) is 11.4 Å². The first kappa shape index (κ1) is 11.7. The summed E-state index contributed by atoms with van der Waals surface area (Å²) in [6.07, 6.45) is -3.23. The molecule has 0 bridgehead atoms. The van der Waals surface area contributed by atoms with Crippen LogP contribution in [0.1, 0.15) is 12.1 Å². The first-order valence-electron chi connectivity index (χ1n) is 3.44. The summed E-state index contributed by atoms with van der Waals surface area (Å²) < 4.78 is 58.5. The minimum atomic E-state index is -4.54. The number of pyridine rings is 1. The molecule has 0 amide bonds. The first-order chi connectivity index (χ1) is 6.73. The average molecular weight is 242 g/mol. The van der Waals surface area contributed by atoms with E-state index in [0.29, 0.717) is 0 Å². The Morgan fingerprint density at radius 3 is 2.40 bits per heavy atom. The number of halogens is 3. The van der Waals surface area contributed by atoms with Gasteiger partial charge in [0.05, 0.1) is 0 Å². The lowest BCUT2D eigenvalue weighted by Crippen LogP contribution is -2.17. The van der Waals surface area contributed by atoms with Crippen LogP contribution >= 0.6 is 0 Å². The van der Waals surface area contributed by atoms with E-state index in [0.717, 1.165) is 0 Å². The average Bonchev–Trinajstić information content (AvgIpc) is 2.00. The zero-order valence-corrected chi connectivity index (χ0v) is 7.80. The van der Waals surface area contributed by atoms with Gasteiger partial charge >= 0.3 is 0 Å². The Morgan fingerprint density at radius 2 is 2.00 bits per heavy atom. The number of rotatable bonds is 2. The highest BCUT2D eigenvalue weighted by molar-refractivity contribution is 7.89. The fourth-order valence-corrected chi connectivity index (χ4v) is 1.39. The molecular weight excluding hydrogens is 237 g/mol. The highest BCUT2D eigenvalue weighted by atomic mass is 32.2. The molecule has 1 aromatic rings. The maximum absolute atomic E-state index is 12.9. The molecule has 3 N–H and O–H groups in total. The summed E-state index contributed by atoms with van der Waals surface area (Å²) in [5, 5.41) is 12.0. The van der Waals surface area contributed by atoms with Crippen LogP contribution in [0.4, 0.5) is 13.2 Å². The molecule has 0 aliphatic rings. The fraction of sp³-hybridized carbons (Fsp3) is 0.167. The minimum absolute atomic E-state index is 0.217.